The second-order valence-corrected chi connectivity index (χ2v) is 12.0. The van der Waals surface area contributed by atoms with Gasteiger partial charge in [-0.15, -0.1) is 0 Å². The van der Waals surface area contributed by atoms with Gasteiger partial charge >= 0.3 is 0 Å². The van der Waals surface area contributed by atoms with Gasteiger partial charge in [-0.1, -0.05) is 113 Å². The number of halogens is 1. The van der Waals surface area contributed by atoms with E-state index in [9.17, 15) is 9.59 Å². The number of carbonyl (C=O) groups is 2. The van der Waals surface area contributed by atoms with Crippen molar-refractivity contribution in [1.82, 2.24) is 0 Å². The van der Waals surface area contributed by atoms with Gasteiger partial charge in [-0.25, -0.2) is 0 Å². The summed E-state index contributed by atoms with van der Waals surface area (Å²) in [6, 6.07) is 20.1. The lowest BCUT2D eigenvalue weighted by Gasteiger charge is -2.19. The maximum Gasteiger partial charge on any atom is 0.294 e. The molecule has 1 unspecified atom stereocenters. The second kappa shape index (κ2) is 17.6. The van der Waals surface area contributed by atoms with E-state index in [-0.39, 0.29) is 18.2 Å². The minimum absolute atomic E-state index is 0.200. The predicted octanol–water partition coefficient (Wildman–Crippen LogP) is 9.50. The van der Waals surface area contributed by atoms with Gasteiger partial charge in [0.05, 0.1) is 18.0 Å². The summed E-state index contributed by atoms with van der Waals surface area (Å²) in [4.78, 5) is 26.2. The number of nitrogens with one attached hydrogen (secondary N) is 1. The molecule has 1 aliphatic heterocycles. The van der Waals surface area contributed by atoms with Crippen molar-refractivity contribution in [2.75, 3.05) is 16.9 Å². The third kappa shape index (κ3) is 10.1. The van der Waals surface area contributed by atoms with Crippen molar-refractivity contribution in [3.63, 3.8) is 0 Å². The van der Waals surface area contributed by atoms with Crippen LogP contribution in [0.4, 0.5) is 11.4 Å². The van der Waals surface area contributed by atoms with Crippen LogP contribution in [0.5, 0.6) is 11.5 Å². The summed E-state index contributed by atoms with van der Waals surface area (Å²) < 4.78 is 12.4. The van der Waals surface area contributed by atoms with Gasteiger partial charge < -0.3 is 14.8 Å². The molecule has 0 aliphatic carbocycles. The van der Waals surface area contributed by atoms with Crippen LogP contribution < -0.4 is 19.8 Å². The number of anilines is 2. The highest BCUT2D eigenvalue weighted by Gasteiger charge is 2.40. The van der Waals surface area contributed by atoms with E-state index < -0.39 is 6.10 Å². The highest BCUT2D eigenvalue weighted by Crippen LogP contribution is 2.34. The molecule has 0 radical (unpaired) electrons. The van der Waals surface area contributed by atoms with Gasteiger partial charge in [0.2, 0.25) is 12.0 Å². The Morgan fingerprint density at radius 1 is 0.867 bits per heavy atom. The molecule has 240 valence electrons. The first-order chi connectivity index (χ1) is 21.9. The van der Waals surface area contributed by atoms with E-state index in [0.717, 1.165) is 24.0 Å². The Kier molecular flexibility index (Phi) is 13.3. The third-order valence-electron chi connectivity index (χ3n) is 7.84. The van der Waals surface area contributed by atoms with Gasteiger partial charge in [0.25, 0.3) is 5.91 Å². The quantitative estimate of drug-likeness (QED) is 0.142. The minimum atomic E-state index is -1.00. The fourth-order valence-electron chi connectivity index (χ4n) is 5.23. The molecule has 4 rings (SSSR count). The van der Waals surface area contributed by atoms with Crippen LogP contribution in [0.25, 0.3) is 0 Å². The molecule has 8 heteroatoms. The van der Waals surface area contributed by atoms with Crippen LogP contribution in [0.1, 0.15) is 95.6 Å². The van der Waals surface area contributed by atoms with Gasteiger partial charge in [0, 0.05) is 17.0 Å². The highest BCUT2D eigenvalue weighted by atomic mass is 35.5. The van der Waals surface area contributed by atoms with Crippen molar-refractivity contribution < 1.29 is 19.1 Å². The smallest absolute Gasteiger partial charge is 0.294 e. The largest absolute Gasteiger partial charge is 0.494 e. The SMILES string of the molecule is CCCCCCCCCCCCOc1cccc(C2=NN(c3ccc(Cl)cc3NC(=O)CC)C(=O)C2Oc2ccc(C)cc2)c1. The Morgan fingerprint density at radius 3 is 2.24 bits per heavy atom. The van der Waals surface area contributed by atoms with E-state index in [4.69, 9.17) is 26.2 Å². The zero-order chi connectivity index (χ0) is 32.0. The summed E-state index contributed by atoms with van der Waals surface area (Å²) in [6.45, 7) is 6.63. The van der Waals surface area contributed by atoms with E-state index in [1.165, 1.54) is 56.4 Å². The first-order valence-electron chi connectivity index (χ1n) is 16.4. The molecule has 7 nitrogen and oxygen atoms in total. The van der Waals surface area contributed by atoms with Crippen LogP contribution >= 0.6 is 11.6 Å². The van der Waals surface area contributed by atoms with Crippen LogP contribution in [0, 0.1) is 6.92 Å². The first-order valence-corrected chi connectivity index (χ1v) is 16.8. The Bertz CT molecular complexity index is 1440. The van der Waals surface area contributed by atoms with E-state index in [0.29, 0.717) is 40.2 Å². The number of benzene rings is 3. The van der Waals surface area contributed by atoms with E-state index in [1.54, 1.807) is 25.1 Å². The summed E-state index contributed by atoms with van der Waals surface area (Å²) >= 11 is 6.25. The zero-order valence-electron chi connectivity index (χ0n) is 26.8. The number of amides is 2. The van der Waals surface area contributed by atoms with Crippen molar-refractivity contribution in [3.05, 3.63) is 82.9 Å². The summed E-state index contributed by atoms with van der Waals surface area (Å²) in [5, 5.41) is 9.31. The highest BCUT2D eigenvalue weighted by molar-refractivity contribution is 6.31. The molecule has 1 heterocycles. The van der Waals surface area contributed by atoms with Crippen molar-refractivity contribution in [3.8, 4) is 11.5 Å². The maximum absolute atomic E-state index is 13.9. The summed E-state index contributed by atoms with van der Waals surface area (Å²) in [5.41, 5.74) is 3.06. The predicted molar refractivity (Wildman–Crippen MR) is 184 cm³/mol. The molecule has 0 aromatic heterocycles. The number of hydrogen-bond acceptors (Lipinski definition) is 5. The topological polar surface area (TPSA) is 80.2 Å². The number of unbranched alkanes of at least 4 members (excludes halogenated alkanes) is 9. The molecule has 0 bridgehead atoms. The average Bonchev–Trinajstić information content (AvgIpc) is 3.36. The number of hydrazone groups is 1. The monoisotopic (exact) mass is 631 g/mol. The Morgan fingerprint density at radius 2 is 1.56 bits per heavy atom. The fourth-order valence-corrected chi connectivity index (χ4v) is 5.41. The number of carbonyl (C=O) groups excluding carboxylic acids is 2. The van der Waals surface area contributed by atoms with Crippen molar-refractivity contribution in [2.24, 2.45) is 5.10 Å². The summed E-state index contributed by atoms with van der Waals surface area (Å²) in [5.74, 6) is 0.691. The lowest BCUT2D eigenvalue weighted by Crippen LogP contribution is -2.37. The Labute approximate surface area is 273 Å². The lowest BCUT2D eigenvalue weighted by molar-refractivity contribution is -0.122. The molecule has 3 aromatic rings. The molecule has 0 fully saturated rings. The minimum Gasteiger partial charge on any atom is -0.494 e. The molecular formula is C37H46ClN3O4. The van der Waals surface area contributed by atoms with Crippen molar-refractivity contribution in [2.45, 2.75) is 97.5 Å². The molecule has 0 saturated heterocycles. The molecular weight excluding hydrogens is 586 g/mol. The second-order valence-electron chi connectivity index (χ2n) is 11.6. The number of rotatable bonds is 18. The maximum atomic E-state index is 13.9. The average molecular weight is 632 g/mol. The van der Waals surface area contributed by atoms with Crippen molar-refractivity contribution in [1.29, 1.82) is 0 Å². The Hall–Kier alpha value is -3.84. The standard InChI is InChI=1S/C37H46ClN3O4/c1-4-6-7-8-9-10-11-12-13-14-24-44-31-17-15-16-28(25-31)35-36(45-30-21-18-27(3)19-22-30)37(43)41(40-35)33-23-20-29(38)26-32(33)39-34(42)5-2/h15-23,25-26,36H,4-14,24H2,1-3H3,(H,39,42). The Balaban J connectivity index is 1.47. The summed E-state index contributed by atoms with van der Waals surface area (Å²) in [7, 11) is 0. The van der Waals surface area contributed by atoms with Gasteiger partial charge in [-0.3, -0.25) is 9.59 Å². The van der Waals surface area contributed by atoms with Crippen molar-refractivity contribution >= 4 is 40.5 Å². The van der Waals surface area contributed by atoms with Gasteiger partial charge in [-0.2, -0.15) is 10.1 Å². The van der Waals surface area contributed by atoms with E-state index >= 15 is 0 Å². The van der Waals surface area contributed by atoms with Crippen LogP contribution in [0.3, 0.4) is 0 Å². The molecule has 0 saturated carbocycles. The van der Waals surface area contributed by atoms with Gasteiger partial charge in [0.15, 0.2) is 0 Å². The first kappa shape index (κ1) is 34.0. The van der Waals surface area contributed by atoms with E-state index in [2.05, 4.69) is 12.2 Å². The molecule has 1 atom stereocenters. The number of nitrogens with zero attached hydrogens (tertiary/aromatic N) is 2. The number of ether oxygens (including phenoxy) is 2. The zero-order valence-corrected chi connectivity index (χ0v) is 27.6. The fraction of sp³-hybridized carbons (Fsp3) is 0.432. The number of hydrogen-bond donors (Lipinski definition) is 1. The molecule has 3 aromatic carbocycles. The molecule has 2 amide bonds. The lowest BCUT2D eigenvalue weighted by atomic mass is 10.0. The van der Waals surface area contributed by atoms with Gasteiger partial charge in [-0.05, 0) is 55.8 Å². The van der Waals surface area contributed by atoms with E-state index in [1.807, 2.05) is 55.5 Å². The molecule has 1 N–H and O–H groups in total. The molecule has 45 heavy (non-hydrogen) atoms. The third-order valence-corrected chi connectivity index (χ3v) is 8.08. The molecule has 0 spiro atoms. The molecule has 1 aliphatic rings. The van der Waals surface area contributed by atoms with Crippen LogP contribution in [0.15, 0.2) is 71.8 Å². The van der Waals surface area contributed by atoms with Gasteiger partial charge in [0.1, 0.15) is 17.2 Å². The van der Waals surface area contributed by atoms with Crippen LogP contribution in [-0.4, -0.2) is 30.2 Å². The normalized spacial score (nSPS) is 14.4. The summed E-state index contributed by atoms with van der Waals surface area (Å²) in [6.07, 6.45) is 12.0. The van der Waals surface area contributed by atoms with Crippen LogP contribution in [-0.2, 0) is 9.59 Å². The number of aryl methyl sites for hydroxylation is 1. The van der Waals surface area contributed by atoms with Crippen LogP contribution in [0.2, 0.25) is 5.02 Å².